The van der Waals surface area contributed by atoms with E-state index < -0.39 is 22.9 Å². The molecule has 0 unspecified atom stereocenters. The van der Waals surface area contributed by atoms with Gasteiger partial charge in [-0.05, 0) is 37.7 Å². The maximum atomic E-state index is 13.5. The van der Waals surface area contributed by atoms with Gasteiger partial charge in [0.25, 0.3) is 0 Å². The van der Waals surface area contributed by atoms with Crippen molar-refractivity contribution in [2.45, 2.75) is 59.2 Å². The van der Waals surface area contributed by atoms with E-state index in [1.54, 1.807) is 13.2 Å². The SMILES string of the molecule is CO[C@H]1C[C@@H](C)[C@@H]2C[C@H]3OC(=O)C[C@H]4C(C)=CC(=O)[C@H]([C@@]2(C)C1=O)[C@@]34C. The molecule has 1 saturated heterocycles. The Bertz CT molecular complexity index is 724. The maximum Gasteiger partial charge on any atom is 0.306 e. The fourth-order valence-corrected chi connectivity index (χ4v) is 6.94. The van der Waals surface area contributed by atoms with Gasteiger partial charge in [0.05, 0.1) is 6.42 Å². The van der Waals surface area contributed by atoms with Crippen LogP contribution in [0.1, 0.15) is 47.0 Å². The van der Waals surface area contributed by atoms with Crippen LogP contribution in [0.3, 0.4) is 0 Å². The quantitative estimate of drug-likeness (QED) is 0.673. The van der Waals surface area contributed by atoms with E-state index in [0.29, 0.717) is 12.8 Å². The van der Waals surface area contributed by atoms with E-state index in [1.165, 1.54) is 0 Å². The number of allylic oxidation sites excluding steroid dienone is 2. The normalized spacial score (nSPS) is 50.5. The van der Waals surface area contributed by atoms with Crippen molar-refractivity contribution in [2.24, 2.45) is 34.5 Å². The zero-order chi connectivity index (χ0) is 19.0. The topological polar surface area (TPSA) is 69.7 Å². The monoisotopic (exact) mass is 360 g/mol. The number of carbonyl (C=O) groups excluding carboxylic acids is 3. The molecule has 0 aromatic carbocycles. The molecule has 3 fully saturated rings. The van der Waals surface area contributed by atoms with Crippen LogP contribution >= 0.6 is 0 Å². The first-order valence-electron chi connectivity index (χ1n) is 9.64. The molecule has 3 aliphatic carbocycles. The van der Waals surface area contributed by atoms with Crippen LogP contribution in [0, 0.1) is 34.5 Å². The standard InChI is InChI=1S/C21H28O5/c1-10-6-14(22)18-20(3)13(10)9-17(23)26-16(20)8-12-11(2)7-15(25-5)19(24)21(12,18)4/h6,11-13,15-16,18H,7-9H2,1-5H3/t11-,12+,13+,15+,16-,18+,20-,21+/m1/s1. The summed E-state index contributed by atoms with van der Waals surface area (Å²) in [5.41, 5.74) is -0.364. The number of carbonyl (C=O) groups is 3. The van der Waals surface area contributed by atoms with Gasteiger partial charge in [-0.25, -0.2) is 0 Å². The van der Waals surface area contributed by atoms with Crippen LogP contribution in [-0.2, 0) is 23.9 Å². The predicted octanol–water partition coefficient (Wildman–Crippen LogP) is 2.72. The van der Waals surface area contributed by atoms with Crippen molar-refractivity contribution in [3.63, 3.8) is 0 Å². The summed E-state index contributed by atoms with van der Waals surface area (Å²) in [7, 11) is 1.57. The zero-order valence-electron chi connectivity index (χ0n) is 16.2. The third kappa shape index (κ3) is 1.98. The maximum absolute atomic E-state index is 13.5. The van der Waals surface area contributed by atoms with E-state index >= 15 is 0 Å². The van der Waals surface area contributed by atoms with Gasteiger partial charge >= 0.3 is 5.97 Å². The average molecular weight is 360 g/mol. The number of esters is 1. The van der Waals surface area contributed by atoms with Crippen LogP contribution in [0.15, 0.2) is 11.6 Å². The summed E-state index contributed by atoms with van der Waals surface area (Å²) >= 11 is 0. The molecular weight excluding hydrogens is 332 g/mol. The zero-order valence-corrected chi connectivity index (χ0v) is 16.2. The second-order valence-electron chi connectivity index (χ2n) is 9.25. The molecule has 0 N–H and O–H groups in total. The molecule has 4 aliphatic rings. The summed E-state index contributed by atoms with van der Waals surface area (Å²) in [4.78, 5) is 39.0. The summed E-state index contributed by atoms with van der Waals surface area (Å²) < 4.78 is 11.3. The lowest BCUT2D eigenvalue weighted by atomic mass is 9.39. The van der Waals surface area contributed by atoms with Crippen molar-refractivity contribution >= 4 is 17.5 Å². The van der Waals surface area contributed by atoms with Crippen molar-refractivity contribution in [1.82, 2.24) is 0 Å². The van der Waals surface area contributed by atoms with Gasteiger partial charge in [0.15, 0.2) is 11.6 Å². The molecule has 1 heterocycles. The third-order valence-corrected chi connectivity index (χ3v) is 8.13. The number of methoxy groups -OCH3 is 1. The summed E-state index contributed by atoms with van der Waals surface area (Å²) in [6, 6.07) is 0. The highest BCUT2D eigenvalue weighted by atomic mass is 16.5. The molecule has 142 valence electrons. The van der Waals surface area contributed by atoms with Crippen LogP contribution in [-0.4, -0.2) is 36.9 Å². The summed E-state index contributed by atoms with van der Waals surface area (Å²) in [6.45, 7) is 8.08. The molecule has 0 aromatic heterocycles. The summed E-state index contributed by atoms with van der Waals surface area (Å²) in [5.74, 6) is -0.392. The number of rotatable bonds is 1. The van der Waals surface area contributed by atoms with E-state index in [1.807, 2.05) is 13.8 Å². The number of fused-ring (bicyclic) bond motifs is 2. The third-order valence-electron chi connectivity index (χ3n) is 8.13. The second kappa shape index (κ2) is 5.51. The van der Waals surface area contributed by atoms with E-state index in [9.17, 15) is 14.4 Å². The first-order chi connectivity index (χ1) is 12.1. The molecule has 0 amide bonds. The van der Waals surface area contributed by atoms with Crippen LogP contribution in [0.2, 0.25) is 0 Å². The fraction of sp³-hybridized carbons (Fsp3) is 0.762. The van der Waals surface area contributed by atoms with E-state index in [0.717, 1.165) is 5.57 Å². The van der Waals surface area contributed by atoms with Crippen molar-refractivity contribution in [3.05, 3.63) is 11.6 Å². The van der Waals surface area contributed by atoms with Gasteiger partial charge in [-0.15, -0.1) is 0 Å². The van der Waals surface area contributed by atoms with Crippen molar-refractivity contribution < 1.29 is 23.9 Å². The molecule has 2 saturated carbocycles. The van der Waals surface area contributed by atoms with Crippen LogP contribution in [0.5, 0.6) is 0 Å². The molecule has 0 aromatic rings. The minimum atomic E-state index is -0.778. The highest BCUT2D eigenvalue weighted by molar-refractivity contribution is 6.02. The lowest BCUT2D eigenvalue weighted by molar-refractivity contribution is -0.223. The lowest BCUT2D eigenvalue weighted by Gasteiger charge is -2.64. The van der Waals surface area contributed by atoms with Gasteiger partial charge in [-0.3, -0.25) is 14.4 Å². The van der Waals surface area contributed by atoms with E-state index in [-0.39, 0.29) is 47.8 Å². The molecule has 1 aliphatic heterocycles. The average Bonchev–Trinajstić information content (AvgIpc) is 2.56. The molecule has 4 rings (SSSR count). The van der Waals surface area contributed by atoms with Crippen molar-refractivity contribution in [1.29, 1.82) is 0 Å². The number of hydrogen-bond acceptors (Lipinski definition) is 5. The van der Waals surface area contributed by atoms with Crippen molar-refractivity contribution in [3.8, 4) is 0 Å². The Hall–Kier alpha value is -1.49. The van der Waals surface area contributed by atoms with E-state index in [2.05, 4.69) is 13.8 Å². The molecule has 8 atom stereocenters. The molecule has 0 bridgehead atoms. The van der Waals surface area contributed by atoms with Gasteiger partial charge in [-0.1, -0.05) is 26.3 Å². The molecular formula is C21H28O5. The number of hydrogen-bond donors (Lipinski definition) is 0. The van der Waals surface area contributed by atoms with Gasteiger partial charge in [0.2, 0.25) is 0 Å². The highest BCUT2D eigenvalue weighted by Gasteiger charge is 2.71. The van der Waals surface area contributed by atoms with Gasteiger partial charge in [0.1, 0.15) is 12.2 Å². The summed E-state index contributed by atoms with van der Waals surface area (Å²) in [5, 5.41) is 0. The first kappa shape index (κ1) is 17.9. The Morgan fingerprint density at radius 2 is 1.88 bits per heavy atom. The van der Waals surface area contributed by atoms with Gasteiger partial charge < -0.3 is 9.47 Å². The molecule has 26 heavy (non-hydrogen) atoms. The lowest BCUT2D eigenvalue weighted by Crippen LogP contribution is -2.70. The Morgan fingerprint density at radius 1 is 1.19 bits per heavy atom. The number of ether oxygens (including phenoxy) is 2. The van der Waals surface area contributed by atoms with Gasteiger partial charge in [0, 0.05) is 29.8 Å². The van der Waals surface area contributed by atoms with Crippen LogP contribution in [0.25, 0.3) is 0 Å². The van der Waals surface area contributed by atoms with E-state index in [4.69, 9.17) is 9.47 Å². The number of ketones is 2. The largest absolute Gasteiger partial charge is 0.462 e. The smallest absolute Gasteiger partial charge is 0.306 e. The minimum absolute atomic E-state index is 0.00806. The van der Waals surface area contributed by atoms with Gasteiger partial charge in [-0.2, -0.15) is 0 Å². The molecule has 5 heteroatoms. The molecule has 0 radical (unpaired) electrons. The van der Waals surface area contributed by atoms with Crippen molar-refractivity contribution in [2.75, 3.05) is 7.11 Å². The van der Waals surface area contributed by atoms with Crippen LogP contribution < -0.4 is 0 Å². The predicted molar refractivity (Wildman–Crippen MR) is 94.1 cm³/mol. The minimum Gasteiger partial charge on any atom is -0.462 e. The Balaban J connectivity index is 1.92. The molecule has 5 nitrogen and oxygen atoms in total. The second-order valence-corrected chi connectivity index (χ2v) is 9.25. The first-order valence-corrected chi connectivity index (χ1v) is 9.64. The number of Topliss-reactive ketones (excluding diaryl/α,β-unsaturated/α-hetero) is 1. The van der Waals surface area contributed by atoms with Crippen LogP contribution in [0.4, 0.5) is 0 Å². The summed E-state index contributed by atoms with van der Waals surface area (Å²) in [6.07, 6.45) is 2.50. The fourth-order valence-electron chi connectivity index (χ4n) is 6.94. The Morgan fingerprint density at radius 3 is 2.54 bits per heavy atom. The Kier molecular flexibility index (Phi) is 3.79. The highest BCUT2D eigenvalue weighted by Crippen LogP contribution is 2.66. The molecule has 0 spiro atoms. The Labute approximate surface area is 154 Å².